The van der Waals surface area contributed by atoms with E-state index in [9.17, 15) is 9.59 Å². The Labute approximate surface area is 154 Å². The molecule has 0 bridgehead atoms. The number of fused-ring (bicyclic) bond motifs is 1. The van der Waals surface area contributed by atoms with Crippen LogP contribution >= 0.6 is 11.8 Å². The molecule has 2 amide bonds. The van der Waals surface area contributed by atoms with Gasteiger partial charge in [0.05, 0.1) is 37.5 Å². The third-order valence-corrected chi connectivity index (χ3v) is 5.41. The minimum Gasteiger partial charge on any atom is -0.383 e. The molecule has 142 valence electrons. The van der Waals surface area contributed by atoms with Crippen molar-refractivity contribution in [1.29, 1.82) is 0 Å². The Morgan fingerprint density at radius 3 is 2.69 bits per heavy atom. The van der Waals surface area contributed by atoms with Crippen LogP contribution in [0.15, 0.2) is 11.4 Å². The van der Waals surface area contributed by atoms with Crippen LogP contribution in [0.3, 0.4) is 0 Å². The molecule has 2 aliphatic heterocycles. The van der Waals surface area contributed by atoms with Crippen LogP contribution in [-0.2, 0) is 9.53 Å². The van der Waals surface area contributed by atoms with Gasteiger partial charge >= 0.3 is 0 Å². The van der Waals surface area contributed by atoms with Gasteiger partial charge in [-0.05, 0) is 13.2 Å². The maximum absolute atomic E-state index is 15.3. The number of amides is 2. The number of ether oxygens (including phenoxy) is 1. The van der Waals surface area contributed by atoms with Crippen molar-refractivity contribution >= 4 is 23.6 Å². The van der Waals surface area contributed by atoms with Crippen LogP contribution in [0, 0.1) is 6.92 Å². The highest BCUT2D eigenvalue weighted by Gasteiger charge is 2.71. The summed E-state index contributed by atoms with van der Waals surface area (Å²) in [6.45, 7) is 0.453. The van der Waals surface area contributed by atoms with Crippen LogP contribution in [-0.4, -0.2) is 89.1 Å². The first kappa shape index (κ1) is 19.0. The second-order valence-corrected chi connectivity index (χ2v) is 7.28. The molecule has 0 saturated carbocycles. The van der Waals surface area contributed by atoms with E-state index in [1.807, 2.05) is 0 Å². The molecule has 0 N–H and O–H groups in total. The number of thioether (sulfide) groups is 1. The zero-order valence-electron chi connectivity index (χ0n) is 14.8. The Bertz CT molecular complexity index is 752. The summed E-state index contributed by atoms with van der Waals surface area (Å²) in [7, 11) is 1.45. The van der Waals surface area contributed by atoms with Gasteiger partial charge in [-0.2, -0.15) is 0 Å². The maximum atomic E-state index is 15.3. The van der Waals surface area contributed by atoms with Gasteiger partial charge in [-0.1, -0.05) is 11.8 Å². The largest absolute Gasteiger partial charge is 0.383 e. The summed E-state index contributed by atoms with van der Waals surface area (Å²) in [5.74, 6) is -1.51. The van der Waals surface area contributed by atoms with E-state index in [4.69, 9.17) is 4.74 Å². The smallest absolute Gasteiger partial charge is 0.265 e. The van der Waals surface area contributed by atoms with Gasteiger partial charge in [-0.25, -0.2) is 18.7 Å². The van der Waals surface area contributed by atoms with E-state index in [-0.39, 0.29) is 18.7 Å². The minimum absolute atomic E-state index is 0.115. The zero-order valence-corrected chi connectivity index (χ0v) is 15.6. The van der Waals surface area contributed by atoms with Gasteiger partial charge in [0.1, 0.15) is 0 Å². The van der Waals surface area contributed by atoms with Crippen LogP contribution < -0.4 is 0 Å². The molecule has 2 saturated heterocycles. The van der Waals surface area contributed by atoms with Crippen LogP contribution in [0.4, 0.5) is 8.78 Å². The average molecular weight is 386 g/mol. The van der Waals surface area contributed by atoms with Crippen molar-refractivity contribution < 1.29 is 23.1 Å². The highest BCUT2D eigenvalue weighted by molar-refractivity contribution is 7.98. The summed E-state index contributed by atoms with van der Waals surface area (Å²) in [5, 5.41) is 0.505. The molecule has 2 aliphatic rings. The third kappa shape index (κ3) is 2.84. The second-order valence-electron chi connectivity index (χ2n) is 6.50. The summed E-state index contributed by atoms with van der Waals surface area (Å²) >= 11 is 1.33. The molecule has 1 aromatic heterocycles. The van der Waals surface area contributed by atoms with E-state index < -0.39 is 42.8 Å². The normalized spacial score (nSPS) is 28.0. The van der Waals surface area contributed by atoms with Crippen molar-refractivity contribution in [3.63, 3.8) is 0 Å². The monoisotopic (exact) mass is 386 g/mol. The molecular formula is C16H20F2N4O3S. The second kappa shape index (κ2) is 6.73. The van der Waals surface area contributed by atoms with Crippen LogP contribution in [0.1, 0.15) is 16.1 Å². The number of nitrogens with zero attached hydrogens (tertiary/aromatic N) is 4. The number of methoxy groups -OCH3 is 1. The van der Waals surface area contributed by atoms with Gasteiger partial charge in [0.15, 0.2) is 10.8 Å². The summed E-state index contributed by atoms with van der Waals surface area (Å²) in [5.41, 5.74) is -4.55. The number of aromatic nitrogens is 2. The minimum atomic E-state index is -2.73. The van der Waals surface area contributed by atoms with Crippen molar-refractivity contribution in [2.45, 2.75) is 23.4 Å². The molecule has 26 heavy (non-hydrogen) atoms. The van der Waals surface area contributed by atoms with E-state index in [2.05, 4.69) is 9.97 Å². The summed E-state index contributed by atoms with van der Waals surface area (Å²) in [6, 6.07) is 0. The number of aryl methyl sites for hydroxylation is 1. The van der Waals surface area contributed by atoms with Gasteiger partial charge in [-0.15, -0.1) is 0 Å². The van der Waals surface area contributed by atoms with E-state index in [1.54, 1.807) is 13.2 Å². The lowest BCUT2D eigenvalue weighted by atomic mass is 9.93. The molecule has 0 spiro atoms. The lowest BCUT2D eigenvalue weighted by molar-refractivity contribution is -0.139. The highest BCUT2D eigenvalue weighted by Crippen LogP contribution is 2.45. The molecule has 1 aromatic rings. The Hall–Kier alpha value is -1.81. The quantitative estimate of drug-likeness (QED) is 0.552. The number of hydrogen-bond acceptors (Lipinski definition) is 6. The molecule has 2 atom stereocenters. The van der Waals surface area contributed by atoms with E-state index >= 15 is 8.78 Å². The first-order valence-corrected chi connectivity index (χ1v) is 9.31. The first-order chi connectivity index (χ1) is 12.3. The van der Waals surface area contributed by atoms with Gasteiger partial charge in [-0.3, -0.25) is 9.59 Å². The van der Waals surface area contributed by atoms with Gasteiger partial charge in [0.2, 0.25) is 5.67 Å². The zero-order chi connectivity index (χ0) is 19.1. The lowest BCUT2D eigenvalue weighted by Crippen LogP contribution is -2.47. The van der Waals surface area contributed by atoms with Crippen molar-refractivity contribution in [2.75, 3.05) is 46.2 Å². The summed E-state index contributed by atoms with van der Waals surface area (Å²) in [4.78, 5) is 35.5. The number of carbonyl (C=O) groups is 2. The number of carbonyl (C=O) groups excluding carboxylic acids is 2. The van der Waals surface area contributed by atoms with Gasteiger partial charge < -0.3 is 14.5 Å². The molecule has 7 nitrogen and oxygen atoms in total. The number of hydrogen-bond donors (Lipinski definition) is 0. The summed E-state index contributed by atoms with van der Waals surface area (Å²) < 4.78 is 35.4. The van der Waals surface area contributed by atoms with Gasteiger partial charge in [0, 0.05) is 19.9 Å². The maximum Gasteiger partial charge on any atom is 0.265 e. The van der Waals surface area contributed by atoms with E-state index in [0.717, 1.165) is 9.80 Å². The fourth-order valence-electron chi connectivity index (χ4n) is 3.40. The highest BCUT2D eigenvalue weighted by atomic mass is 32.2. The predicted octanol–water partition coefficient (Wildman–Crippen LogP) is 0.868. The van der Waals surface area contributed by atoms with Crippen molar-refractivity contribution in [2.24, 2.45) is 0 Å². The number of likely N-dealkylation sites (tertiary alicyclic amines) is 2. The third-order valence-electron chi connectivity index (χ3n) is 4.85. The SMILES string of the molecule is COCCN1C[C@@]2(F)CN(C(=O)c3cnc(SC)nc3C)C[C@@]2(F)C1=O. The molecule has 0 unspecified atom stereocenters. The van der Waals surface area contributed by atoms with Gasteiger partial charge in [0.25, 0.3) is 11.8 Å². The van der Waals surface area contributed by atoms with E-state index in [1.165, 1.54) is 25.1 Å². The average Bonchev–Trinajstić information content (AvgIpc) is 2.98. The fourth-order valence-corrected chi connectivity index (χ4v) is 3.78. The Balaban J connectivity index is 1.80. The molecule has 0 radical (unpaired) electrons. The van der Waals surface area contributed by atoms with Crippen LogP contribution in [0.25, 0.3) is 0 Å². The molecular weight excluding hydrogens is 366 g/mol. The van der Waals surface area contributed by atoms with Crippen molar-refractivity contribution in [3.8, 4) is 0 Å². The number of rotatable bonds is 5. The molecule has 3 rings (SSSR count). The molecule has 3 heterocycles. The van der Waals surface area contributed by atoms with Crippen molar-refractivity contribution in [1.82, 2.24) is 19.8 Å². The van der Waals surface area contributed by atoms with Crippen LogP contribution in [0.5, 0.6) is 0 Å². The number of alkyl halides is 2. The predicted molar refractivity (Wildman–Crippen MR) is 90.6 cm³/mol. The molecule has 0 aromatic carbocycles. The summed E-state index contributed by atoms with van der Waals surface area (Å²) in [6.07, 6.45) is 3.16. The van der Waals surface area contributed by atoms with Crippen molar-refractivity contribution in [3.05, 3.63) is 17.5 Å². The molecule has 10 heteroatoms. The first-order valence-electron chi connectivity index (χ1n) is 8.09. The van der Waals surface area contributed by atoms with Crippen LogP contribution in [0.2, 0.25) is 0 Å². The lowest BCUT2D eigenvalue weighted by Gasteiger charge is -2.22. The Morgan fingerprint density at radius 1 is 1.38 bits per heavy atom. The standard InChI is InChI=1S/C16H20F2N4O3S/c1-10-11(6-19-14(20-10)26-3)12(23)22-8-15(17)7-21(4-5-25-2)13(24)16(15,18)9-22/h6H,4-5,7-9H2,1-3H3/t15-,16-/m1/s1. The number of halogens is 2. The van der Waals surface area contributed by atoms with E-state index in [0.29, 0.717) is 10.9 Å². The fraction of sp³-hybridized carbons (Fsp3) is 0.625. The topological polar surface area (TPSA) is 75.6 Å². The molecule has 0 aliphatic carbocycles. The Kier molecular flexibility index (Phi) is 4.91. The molecule has 2 fully saturated rings. The Morgan fingerprint density at radius 2 is 2.12 bits per heavy atom.